The lowest BCUT2D eigenvalue weighted by atomic mass is 10.0. The Hall–Kier alpha value is -0.580. The molecule has 1 saturated heterocycles. The van der Waals surface area contributed by atoms with Crippen LogP contribution in [0, 0.1) is 5.92 Å². The average Bonchev–Trinajstić information content (AvgIpc) is 1.99. The van der Waals surface area contributed by atoms with Crippen LogP contribution in [-0.2, 0) is 14.6 Å². The minimum absolute atomic E-state index is 0.00884. The van der Waals surface area contributed by atoms with Crippen LogP contribution < -0.4 is 5.32 Å². The fourth-order valence-electron chi connectivity index (χ4n) is 1.70. The summed E-state index contributed by atoms with van der Waals surface area (Å²) in [6.45, 7) is 5.67. The van der Waals surface area contributed by atoms with Gasteiger partial charge < -0.3 is 5.32 Å². The maximum absolute atomic E-state index is 11.7. The first kappa shape index (κ1) is 12.5. The second kappa shape index (κ2) is 4.12. The molecule has 15 heavy (non-hydrogen) atoms. The molecular weight excluding hydrogens is 214 g/mol. The van der Waals surface area contributed by atoms with Gasteiger partial charge in [0.15, 0.2) is 9.84 Å². The van der Waals surface area contributed by atoms with Gasteiger partial charge in [-0.3, -0.25) is 4.79 Å². The maximum atomic E-state index is 11.7. The number of carbonyl (C=O) groups excluding carboxylic acids is 1. The first-order valence-electron chi connectivity index (χ1n) is 5.22. The van der Waals surface area contributed by atoms with Crippen molar-refractivity contribution in [3.8, 4) is 0 Å². The Morgan fingerprint density at radius 2 is 1.93 bits per heavy atom. The van der Waals surface area contributed by atoms with Gasteiger partial charge in [0.1, 0.15) is 0 Å². The summed E-state index contributed by atoms with van der Waals surface area (Å²) in [5.41, 5.74) is -0.293. The third-order valence-corrected chi connectivity index (χ3v) is 4.15. The normalized spacial score (nSPS) is 25.9. The highest BCUT2D eigenvalue weighted by Crippen LogP contribution is 2.19. The number of nitrogens with one attached hydrogen (secondary N) is 1. The molecule has 0 aromatic heterocycles. The number of sulfone groups is 1. The lowest BCUT2D eigenvalue weighted by Gasteiger charge is -2.26. The molecule has 1 rings (SSSR count). The van der Waals surface area contributed by atoms with Crippen molar-refractivity contribution in [3.05, 3.63) is 0 Å². The van der Waals surface area contributed by atoms with E-state index < -0.39 is 9.84 Å². The second-order valence-corrected chi connectivity index (χ2v) is 7.42. The highest BCUT2D eigenvalue weighted by atomic mass is 32.2. The van der Waals surface area contributed by atoms with Crippen molar-refractivity contribution in [3.63, 3.8) is 0 Å². The Morgan fingerprint density at radius 1 is 1.33 bits per heavy atom. The minimum atomic E-state index is -2.99. The Kier molecular flexibility index (Phi) is 3.43. The molecule has 1 unspecified atom stereocenters. The lowest BCUT2D eigenvalue weighted by molar-refractivity contribution is -0.126. The Labute approximate surface area is 91.4 Å². The topological polar surface area (TPSA) is 63.2 Å². The largest absolute Gasteiger partial charge is 0.351 e. The Bertz CT molecular complexity index is 340. The van der Waals surface area contributed by atoms with Crippen LogP contribution in [0.4, 0.5) is 0 Å². The van der Waals surface area contributed by atoms with Crippen molar-refractivity contribution in [2.24, 2.45) is 5.92 Å². The molecule has 4 nitrogen and oxygen atoms in total. The summed E-state index contributed by atoms with van der Waals surface area (Å²) in [6, 6.07) is 0. The zero-order valence-corrected chi connectivity index (χ0v) is 10.4. The van der Waals surface area contributed by atoms with Gasteiger partial charge in [-0.2, -0.15) is 0 Å². The SMILES string of the molecule is CC(C)(C)NC(=O)C1CCCS(=O)(=O)C1. The van der Waals surface area contributed by atoms with E-state index in [9.17, 15) is 13.2 Å². The smallest absolute Gasteiger partial charge is 0.224 e. The van der Waals surface area contributed by atoms with Crippen LogP contribution in [-0.4, -0.2) is 31.4 Å². The van der Waals surface area contributed by atoms with Crippen molar-refractivity contribution >= 4 is 15.7 Å². The average molecular weight is 233 g/mol. The maximum Gasteiger partial charge on any atom is 0.224 e. The molecule has 0 aliphatic carbocycles. The van der Waals surface area contributed by atoms with E-state index in [1.807, 2.05) is 20.8 Å². The summed E-state index contributed by atoms with van der Waals surface area (Å²) in [6.07, 6.45) is 1.28. The van der Waals surface area contributed by atoms with E-state index in [1.54, 1.807) is 0 Å². The monoisotopic (exact) mass is 233 g/mol. The zero-order valence-electron chi connectivity index (χ0n) is 9.54. The van der Waals surface area contributed by atoms with Gasteiger partial charge >= 0.3 is 0 Å². The van der Waals surface area contributed by atoms with Crippen LogP contribution in [0.25, 0.3) is 0 Å². The van der Waals surface area contributed by atoms with Gasteiger partial charge in [-0.1, -0.05) is 0 Å². The third kappa shape index (κ3) is 4.20. The summed E-state index contributed by atoms with van der Waals surface area (Å²) >= 11 is 0. The molecule has 0 spiro atoms. The van der Waals surface area contributed by atoms with Crippen LogP contribution in [0.3, 0.4) is 0 Å². The fraction of sp³-hybridized carbons (Fsp3) is 0.900. The van der Waals surface area contributed by atoms with E-state index in [0.29, 0.717) is 12.8 Å². The van der Waals surface area contributed by atoms with E-state index in [0.717, 1.165) is 0 Å². The summed E-state index contributed by atoms with van der Waals surface area (Å²) in [7, 11) is -2.99. The number of hydrogen-bond acceptors (Lipinski definition) is 3. The standard InChI is InChI=1S/C10H19NO3S/c1-10(2,3)11-9(12)8-5-4-6-15(13,14)7-8/h8H,4-7H2,1-3H3,(H,11,12). The highest BCUT2D eigenvalue weighted by molar-refractivity contribution is 7.91. The fourth-order valence-corrected chi connectivity index (χ4v) is 3.41. The van der Waals surface area contributed by atoms with Crippen LogP contribution in [0.15, 0.2) is 0 Å². The molecule has 0 bridgehead atoms. The number of rotatable bonds is 1. The zero-order chi connectivity index (χ0) is 11.7. The Balaban J connectivity index is 2.61. The highest BCUT2D eigenvalue weighted by Gasteiger charge is 2.31. The number of carbonyl (C=O) groups is 1. The van der Waals surface area contributed by atoms with E-state index in [1.165, 1.54) is 0 Å². The second-order valence-electron chi connectivity index (χ2n) is 5.19. The van der Waals surface area contributed by atoms with Crippen LogP contribution in [0.5, 0.6) is 0 Å². The van der Waals surface area contributed by atoms with Gasteiger partial charge in [-0.05, 0) is 33.6 Å². The molecule has 88 valence electrons. The summed E-state index contributed by atoms with van der Waals surface area (Å²) in [5, 5.41) is 2.82. The summed E-state index contributed by atoms with van der Waals surface area (Å²) < 4.78 is 22.7. The van der Waals surface area contributed by atoms with Gasteiger partial charge in [0.25, 0.3) is 0 Å². The molecule has 0 aromatic carbocycles. The molecular formula is C10H19NO3S. The van der Waals surface area contributed by atoms with Gasteiger partial charge in [0, 0.05) is 5.54 Å². The predicted octanol–water partition coefficient (Wildman–Crippen LogP) is 0.726. The van der Waals surface area contributed by atoms with Gasteiger partial charge in [0.05, 0.1) is 17.4 Å². The molecule has 1 atom stereocenters. The van der Waals surface area contributed by atoms with Gasteiger partial charge in [-0.25, -0.2) is 8.42 Å². The molecule has 0 aromatic rings. The molecule has 1 N–H and O–H groups in total. The first-order chi connectivity index (χ1) is 6.70. The summed E-state index contributed by atoms with van der Waals surface area (Å²) in [4.78, 5) is 11.7. The van der Waals surface area contributed by atoms with Gasteiger partial charge in [-0.15, -0.1) is 0 Å². The van der Waals surface area contributed by atoms with Crippen molar-refractivity contribution < 1.29 is 13.2 Å². The molecule has 1 aliphatic heterocycles. The van der Waals surface area contributed by atoms with E-state index in [2.05, 4.69) is 5.32 Å². The van der Waals surface area contributed by atoms with Crippen molar-refractivity contribution in [1.29, 1.82) is 0 Å². The quantitative estimate of drug-likeness (QED) is 0.726. The molecule has 0 saturated carbocycles. The summed E-state index contributed by atoms with van der Waals surface area (Å²) in [5.74, 6) is -0.255. The van der Waals surface area contributed by atoms with Crippen LogP contribution in [0.1, 0.15) is 33.6 Å². The van der Waals surface area contributed by atoms with E-state index in [4.69, 9.17) is 0 Å². The number of amides is 1. The lowest BCUT2D eigenvalue weighted by Crippen LogP contribution is -2.46. The third-order valence-electron chi connectivity index (χ3n) is 2.33. The number of hydrogen-bond donors (Lipinski definition) is 1. The van der Waals surface area contributed by atoms with Crippen molar-refractivity contribution in [2.75, 3.05) is 11.5 Å². The molecule has 1 heterocycles. The van der Waals surface area contributed by atoms with E-state index >= 15 is 0 Å². The minimum Gasteiger partial charge on any atom is -0.351 e. The Morgan fingerprint density at radius 3 is 2.40 bits per heavy atom. The van der Waals surface area contributed by atoms with E-state index in [-0.39, 0.29) is 28.9 Å². The van der Waals surface area contributed by atoms with Crippen molar-refractivity contribution in [1.82, 2.24) is 5.32 Å². The molecule has 5 heteroatoms. The first-order valence-corrected chi connectivity index (χ1v) is 7.04. The molecule has 1 fully saturated rings. The van der Waals surface area contributed by atoms with Gasteiger partial charge in [0.2, 0.25) is 5.91 Å². The molecule has 0 radical (unpaired) electrons. The predicted molar refractivity (Wildman–Crippen MR) is 59.3 cm³/mol. The van der Waals surface area contributed by atoms with Crippen molar-refractivity contribution in [2.45, 2.75) is 39.2 Å². The van der Waals surface area contributed by atoms with Crippen LogP contribution in [0.2, 0.25) is 0 Å². The van der Waals surface area contributed by atoms with Crippen LogP contribution >= 0.6 is 0 Å². The molecule has 1 aliphatic rings. The molecule has 1 amide bonds.